The fraction of sp³-hybridized carbons (Fsp3) is 0.708. The maximum atomic E-state index is 13.5. The minimum absolute atomic E-state index is 0.108. The topological polar surface area (TPSA) is 44.8 Å². The molecule has 0 atom stereocenters. The molecule has 9 heteroatoms. The normalized spacial score (nSPS) is 22.4. The summed E-state index contributed by atoms with van der Waals surface area (Å²) < 4.78 is 57.5. The number of carbonyl (C=O) groups is 1. The van der Waals surface area contributed by atoms with E-state index in [9.17, 15) is 22.4 Å². The molecule has 1 amide bonds. The minimum atomic E-state index is -4.69. The molecule has 1 aromatic carbocycles. The molecule has 1 saturated carbocycles. The second-order valence-corrected chi connectivity index (χ2v) is 9.16. The highest BCUT2D eigenvalue weighted by atomic mass is 19.4. The molecule has 3 rings (SSSR count). The Bertz CT molecular complexity index is 759. The van der Waals surface area contributed by atoms with Crippen LogP contribution in [0.5, 0.6) is 0 Å². The van der Waals surface area contributed by atoms with E-state index in [0.717, 1.165) is 70.3 Å². The number of hydrogen-bond acceptors (Lipinski definition) is 4. The summed E-state index contributed by atoms with van der Waals surface area (Å²) in [5.74, 6) is -0.474. The Morgan fingerprint density at radius 3 is 2.45 bits per heavy atom. The number of anilines is 1. The third kappa shape index (κ3) is 7.84. The van der Waals surface area contributed by atoms with Gasteiger partial charge in [0.1, 0.15) is 5.82 Å². The van der Waals surface area contributed by atoms with Crippen molar-refractivity contribution in [2.24, 2.45) is 5.92 Å². The van der Waals surface area contributed by atoms with Crippen LogP contribution >= 0.6 is 0 Å². The van der Waals surface area contributed by atoms with Gasteiger partial charge in [-0.3, -0.25) is 9.69 Å². The van der Waals surface area contributed by atoms with Crippen molar-refractivity contribution in [2.45, 2.75) is 57.2 Å². The van der Waals surface area contributed by atoms with Gasteiger partial charge in [0.15, 0.2) is 0 Å². The predicted octanol–water partition coefficient (Wildman–Crippen LogP) is 4.46. The summed E-state index contributed by atoms with van der Waals surface area (Å²) in [5.41, 5.74) is -0.782. The molecule has 2 aliphatic rings. The van der Waals surface area contributed by atoms with Gasteiger partial charge in [-0.05, 0) is 69.2 Å². The Labute approximate surface area is 193 Å². The molecule has 33 heavy (non-hydrogen) atoms. The second-order valence-electron chi connectivity index (χ2n) is 9.16. The number of ether oxygens (including phenoxy) is 1. The molecule has 1 heterocycles. The quantitative estimate of drug-likeness (QED) is 0.425. The average Bonchev–Trinajstić information content (AvgIpc) is 2.79. The van der Waals surface area contributed by atoms with E-state index in [4.69, 9.17) is 4.74 Å². The Morgan fingerprint density at radius 1 is 1.12 bits per heavy atom. The van der Waals surface area contributed by atoms with Gasteiger partial charge in [-0.1, -0.05) is 0 Å². The van der Waals surface area contributed by atoms with Crippen LogP contribution in [-0.4, -0.2) is 63.3 Å². The molecule has 186 valence electrons. The van der Waals surface area contributed by atoms with Crippen molar-refractivity contribution in [2.75, 3.05) is 51.3 Å². The van der Waals surface area contributed by atoms with Crippen molar-refractivity contribution >= 4 is 11.6 Å². The molecule has 2 fully saturated rings. The lowest BCUT2D eigenvalue weighted by Gasteiger charge is -2.37. The molecule has 1 saturated heterocycles. The van der Waals surface area contributed by atoms with Gasteiger partial charge < -0.3 is 15.0 Å². The molecule has 0 spiro atoms. The van der Waals surface area contributed by atoms with Gasteiger partial charge in [-0.25, -0.2) is 4.39 Å². The number of methoxy groups -OCH3 is 1. The van der Waals surface area contributed by atoms with Gasteiger partial charge in [0, 0.05) is 58.0 Å². The van der Waals surface area contributed by atoms with Crippen LogP contribution in [0, 0.1) is 11.7 Å². The number of piperazine rings is 1. The van der Waals surface area contributed by atoms with Crippen molar-refractivity contribution in [1.82, 2.24) is 10.2 Å². The summed E-state index contributed by atoms with van der Waals surface area (Å²) in [7, 11) is 1.64. The van der Waals surface area contributed by atoms with Crippen LogP contribution in [0.4, 0.5) is 23.2 Å². The van der Waals surface area contributed by atoms with Crippen LogP contribution < -0.4 is 10.2 Å². The lowest BCUT2D eigenvalue weighted by atomic mass is 9.84. The molecule has 1 N–H and O–H groups in total. The number of hydrogen-bond donors (Lipinski definition) is 1. The number of nitrogens with zero attached hydrogens (tertiary/aromatic N) is 2. The average molecular weight is 474 g/mol. The number of benzene rings is 1. The molecular formula is C24H35F4N3O2. The van der Waals surface area contributed by atoms with Gasteiger partial charge in [0.2, 0.25) is 5.91 Å². The van der Waals surface area contributed by atoms with Crippen LogP contribution in [0.15, 0.2) is 18.2 Å². The van der Waals surface area contributed by atoms with E-state index in [1.54, 1.807) is 7.11 Å². The fourth-order valence-electron chi connectivity index (χ4n) is 4.79. The molecule has 0 aromatic heterocycles. The van der Waals surface area contributed by atoms with Crippen LogP contribution in [-0.2, 0) is 15.7 Å². The van der Waals surface area contributed by atoms with Crippen molar-refractivity contribution in [3.63, 3.8) is 0 Å². The largest absolute Gasteiger partial charge is 0.419 e. The maximum absolute atomic E-state index is 13.5. The summed E-state index contributed by atoms with van der Waals surface area (Å²) in [6.45, 7) is 4.41. The summed E-state index contributed by atoms with van der Waals surface area (Å²) >= 11 is 0. The zero-order valence-electron chi connectivity index (χ0n) is 19.3. The third-order valence-corrected chi connectivity index (χ3v) is 6.81. The van der Waals surface area contributed by atoms with Crippen molar-refractivity contribution in [3.8, 4) is 0 Å². The van der Waals surface area contributed by atoms with Crippen molar-refractivity contribution in [3.05, 3.63) is 29.6 Å². The molecule has 0 bridgehead atoms. The predicted molar refractivity (Wildman–Crippen MR) is 120 cm³/mol. The number of nitrogens with one attached hydrogen (secondary N) is 1. The lowest BCUT2D eigenvalue weighted by molar-refractivity contribution is -0.140. The fourth-order valence-corrected chi connectivity index (χ4v) is 4.79. The zero-order valence-corrected chi connectivity index (χ0v) is 19.3. The zero-order chi connectivity index (χ0) is 23.8. The minimum Gasteiger partial charge on any atom is -0.385 e. The summed E-state index contributed by atoms with van der Waals surface area (Å²) in [5, 5.41) is 3.14. The summed E-state index contributed by atoms with van der Waals surface area (Å²) in [6.07, 6.45) is 1.92. The SMILES string of the molecule is COCCCC(=O)NC1CCC(CCN2CCN(c3ccc(F)c(C(F)(F)F)c3)CC2)CC1. The van der Waals surface area contributed by atoms with Crippen LogP contribution in [0.25, 0.3) is 0 Å². The van der Waals surface area contributed by atoms with Crippen molar-refractivity contribution in [1.29, 1.82) is 0 Å². The first-order chi connectivity index (χ1) is 15.8. The smallest absolute Gasteiger partial charge is 0.385 e. The van der Waals surface area contributed by atoms with Gasteiger partial charge in [-0.15, -0.1) is 0 Å². The molecule has 1 aliphatic heterocycles. The van der Waals surface area contributed by atoms with Gasteiger partial charge in [0.05, 0.1) is 5.56 Å². The first-order valence-electron chi connectivity index (χ1n) is 11.9. The van der Waals surface area contributed by atoms with E-state index in [-0.39, 0.29) is 11.9 Å². The number of amides is 1. The van der Waals surface area contributed by atoms with Crippen molar-refractivity contribution < 1.29 is 27.1 Å². The van der Waals surface area contributed by atoms with Gasteiger partial charge in [0.25, 0.3) is 0 Å². The number of halogens is 4. The van der Waals surface area contributed by atoms with E-state index < -0.39 is 17.6 Å². The Balaban J connectivity index is 1.35. The summed E-state index contributed by atoms with van der Waals surface area (Å²) in [4.78, 5) is 16.2. The Kier molecular flexibility index (Phi) is 9.37. The first kappa shape index (κ1) is 25.7. The van der Waals surface area contributed by atoms with E-state index >= 15 is 0 Å². The Hall–Kier alpha value is -1.87. The maximum Gasteiger partial charge on any atom is 0.419 e. The van der Waals surface area contributed by atoms with Gasteiger partial charge in [-0.2, -0.15) is 13.2 Å². The molecular weight excluding hydrogens is 438 g/mol. The highest BCUT2D eigenvalue weighted by Gasteiger charge is 2.35. The lowest BCUT2D eigenvalue weighted by Crippen LogP contribution is -2.47. The second kappa shape index (κ2) is 12.0. The van der Waals surface area contributed by atoms with Crippen LogP contribution in [0.1, 0.15) is 50.5 Å². The number of alkyl halides is 3. The van der Waals surface area contributed by atoms with E-state index in [0.29, 0.717) is 37.7 Å². The highest BCUT2D eigenvalue weighted by Crippen LogP contribution is 2.34. The van der Waals surface area contributed by atoms with Crippen LogP contribution in [0.3, 0.4) is 0 Å². The molecule has 0 radical (unpaired) electrons. The summed E-state index contributed by atoms with van der Waals surface area (Å²) in [6, 6.07) is 3.52. The van der Waals surface area contributed by atoms with Gasteiger partial charge >= 0.3 is 6.18 Å². The molecule has 1 aliphatic carbocycles. The molecule has 5 nitrogen and oxygen atoms in total. The van der Waals surface area contributed by atoms with E-state index in [1.165, 1.54) is 6.07 Å². The van der Waals surface area contributed by atoms with Crippen LogP contribution in [0.2, 0.25) is 0 Å². The molecule has 0 unspecified atom stereocenters. The first-order valence-corrected chi connectivity index (χ1v) is 11.9. The number of carbonyl (C=O) groups excluding carboxylic acids is 1. The van der Waals surface area contributed by atoms with E-state index in [2.05, 4.69) is 10.2 Å². The monoisotopic (exact) mass is 473 g/mol. The van der Waals surface area contributed by atoms with E-state index in [1.807, 2.05) is 4.90 Å². The Morgan fingerprint density at radius 2 is 1.82 bits per heavy atom. The standard InChI is InChI=1S/C24H35F4N3O2/c1-33-16-2-3-23(32)29-19-6-4-18(5-7-19)10-11-30-12-14-31(15-13-30)20-8-9-22(25)21(17-20)24(26,27)28/h8-9,17-19H,2-7,10-16H2,1H3,(H,29,32). The third-order valence-electron chi connectivity index (χ3n) is 6.81. The number of rotatable bonds is 9. The molecule has 1 aromatic rings. The highest BCUT2D eigenvalue weighted by molar-refractivity contribution is 5.76.